The highest BCUT2D eigenvalue weighted by atomic mass is 16.5. The van der Waals surface area contributed by atoms with Crippen molar-refractivity contribution in [1.82, 2.24) is 24.5 Å². The third-order valence-corrected chi connectivity index (χ3v) is 4.37. The highest BCUT2D eigenvalue weighted by Gasteiger charge is 2.26. The minimum Gasteiger partial charge on any atom is -0.481 e. The number of aliphatic carboxylic acids is 1. The van der Waals surface area contributed by atoms with Gasteiger partial charge in [-0.1, -0.05) is 0 Å². The Hall–Kier alpha value is -3.21. The van der Waals surface area contributed by atoms with E-state index in [9.17, 15) is 14.4 Å². The van der Waals surface area contributed by atoms with Gasteiger partial charge < -0.3 is 20.1 Å². The Morgan fingerprint density at radius 3 is 2.64 bits per heavy atom. The smallest absolute Gasteiger partial charge is 0.305 e. The molecule has 11 heteroatoms. The average Bonchev–Trinajstić information content (AvgIpc) is 3.33. The maximum atomic E-state index is 12.9. The summed E-state index contributed by atoms with van der Waals surface area (Å²) in [5.41, 5.74) is 0.805. The van der Waals surface area contributed by atoms with Crippen LogP contribution in [-0.2, 0) is 22.6 Å². The second-order valence-electron chi connectivity index (χ2n) is 6.16. The van der Waals surface area contributed by atoms with E-state index in [0.717, 1.165) is 0 Å². The summed E-state index contributed by atoms with van der Waals surface area (Å²) in [6.07, 6.45) is 2.70. The molecule has 150 valence electrons. The van der Waals surface area contributed by atoms with Crippen LogP contribution in [0.5, 0.6) is 0 Å². The third-order valence-electron chi connectivity index (χ3n) is 4.37. The number of carbonyl (C=O) groups is 3. The van der Waals surface area contributed by atoms with E-state index in [1.54, 1.807) is 4.90 Å². The molecule has 0 unspecified atom stereocenters. The summed E-state index contributed by atoms with van der Waals surface area (Å²) >= 11 is 0. The van der Waals surface area contributed by atoms with E-state index in [-0.39, 0.29) is 24.6 Å². The number of hydrogen-bond acceptors (Lipinski definition) is 6. The van der Waals surface area contributed by atoms with E-state index in [2.05, 4.69) is 15.5 Å². The van der Waals surface area contributed by atoms with Crippen LogP contribution in [0.1, 0.15) is 34.3 Å². The van der Waals surface area contributed by atoms with Gasteiger partial charge in [-0.2, -0.15) is 10.2 Å². The van der Waals surface area contributed by atoms with Crippen LogP contribution in [0.3, 0.4) is 0 Å². The van der Waals surface area contributed by atoms with Crippen LogP contribution in [0.25, 0.3) is 0 Å². The molecule has 2 N–H and O–H groups in total. The van der Waals surface area contributed by atoms with Crippen molar-refractivity contribution in [3.8, 4) is 0 Å². The Balaban J connectivity index is 1.80. The fourth-order valence-electron chi connectivity index (χ4n) is 2.95. The summed E-state index contributed by atoms with van der Waals surface area (Å²) in [5.74, 6) is -1.70. The van der Waals surface area contributed by atoms with Gasteiger partial charge in [0.15, 0.2) is 0 Å². The number of aromatic nitrogens is 4. The van der Waals surface area contributed by atoms with E-state index in [1.165, 1.54) is 27.8 Å². The zero-order chi connectivity index (χ0) is 20.1. The largest absolute Gasteiger partial charge is 0.481 e. The predicted octanol–water partition coefficient (Wildman–Crippen LogP) is 0.299. The molecule has 0 spiro atoms. The van der Waals surface area contributed by atoms with Gasteiger partial charge in [-0.05, 0) is 13.0 Å². The second-order valence-corrected chi connectivity index (χ2v) is 6.16. The summed E-state index contributed by atoms with van der Waals surface area (Å²) in [4.78, 5) is 38.1. The lowest BCUT2D eigenvalue weighted by Crippen LogP contribution is -2.41. The van der Waals surface area contributed by atoms with Crippen molar-refractivity contribution in [1.29, 1.82) is 0 Å². The fourth-order valence-corrected chi connectivity index (χ4v) is 2.95. The maximum Gasteiger partial charge on any atom is 0.305 e. The number of hydrogen-bond donors (Lipinski definition) is 2. The summed E-state index contributed by atoms with van der Waals surface area (Å²) in [6.45, 7) is 4.28. The standard InChI is InChI=1S/C17H22N6O5/c1-2-22-15(17(27)21-7-9-28-10-8-21)12(11-19-22)20-16(26)13-3-5-18-23(13)6-4-14(24)25/h3,5,11H,2,4,6-10H2,1H3,(H,20,26)(H,24,25). The fraction of sp³-hybridized carbons (Fsp3) is 0.471. The lowest BCUT2D eigenvalue weighted by molar-refractivity contribution is -0.137. The molecule has 2 aromatic heterocycles. The SMILES string of the molecule is CCn1ncc(NC(=O)c2ccnn2CCC(=O)O)c1C(=O)N1CCOCC1. The molecule has 2 amide bonds. The molecule has 2 aromatic rings. The van der Waals surface area contributed by atoms with E-state index >= 15 is 0 Å². The minimum absolute atomic E-state index is 0.0683. The molecular weight excluding hydrogens is 368 g/mol. The van der Waals surface area contributed by atoms with Crippen LogP contribution in [0.15, 0.2) is 18.5 Å². The molecule has 3 heterocycles. The van der Waals surface area contributed by atoms with Crippen molar-refractivity contribution < 1.29 is 24.2 Å². The normalized spacial score (nSPS) is 14.1. The lowest BCUT2D eigenvalue weighted by atomic mass is 10.2. The van der Waals surface area contributed by atoms with Gasteiger partial charge in [0.25, 0.3) is 11.8 Å². The van der Waals surface area contributed by atoms with Gasteiger partial charge in [-0.3, -0.25) is 23.7 Å². The van der Waals surface area contributed by atoms with Crippen molar-refractivity contribution in [2.45, 2.75) is 26.4 Å². The molecule has 0 radical (unpaired) electrons. The van der Waals surface area contributed by atoms with Gasteiger partial charge in [0.05, 0.1) is 38.1 Å². The molecule has 11 nitrogen and oxygen atoms in total. The summed E-state index contributed by atoms with van der Waals surface area (Å²) in [6, 6.07) is 1.49. The van der Waals surface area contributed by atoms with Crippen LogP contribution in [0.2, 0.25) is 0 Å². The van der Waals surface area contributed by atoms with Crippen molar-refractivity contribution in [3.05, 3.63) is 29.8 Å². The highest BCUT2D eigenvalue weighted by molar-refractivity contribution is 6.07. The highest BCUT2D eigenvalue weighted by Crippen LogP contribution is 2.19. The number of carboxylic acid groups (broad SMARTS) is 1. The quantitative estimate of drug-likeness (QED) is 0.695. The van der Waals surface area contributed by atoms with Crippen molar-refractivity contribution in [2.75, 3.05) is 31.6 Å². The Morgan fingerprint density at radius 1 is 1.21 bits per heavy atom. The number of carbonyl (C=O) groups excluding carboxylic acids is 2. The monoisotopic (exact) mass is 390 g/mol. The molecule has 1 aliphatic rings. The van der Waals surface area contributed by atoms with E-state index < -0.39 is 11.9 Å². The second kappa shape index (κ2) is 8.65. The topological polar surface area (TPSA) is 132 Å². The number of nitrogens with one attached hydrogen (secondary N) is 1. The Labute approximate surface area is 160 Å². The molecule has 0 atom stereocenters. The minimum atomic E-state index is -0.982. The van der Waals surface area contributed by atoms with Crippen LogP contribution in [0.4, 0.5) is 5.69 Å². The number of carboxylic acids is 1. The van der Waals surface area contributed by atoms with Gasteiger partial charge in [-0.15, -0.1) is 0 Å². The number of morpholine rings is 1. The summed E-state index contributed by atoms with van der Waals surface area (Å²) in [7, 11) is 0. The predicted molar refractivity (Wildman–Crippen MR) is 97.1 cm³/mol. The maximum absolute atomic E-state index is 12.9. The number of amides is 2. The molecule has 0 saturated carbocycles. The number of nitrogens with zero attached hydrogens (tertiary/aromatic N) is 5. The van der Waals surface area contributed by atoms with Gasteiger partial charge in [-0.25, -0.2) is 0 Å². The van der Waals surface area contributed by atoms with Crippen LogP contribution >= 0.6 is 0 Å². The number of ether oxygens (including phenoxy) is 1. The molecule has 28 heavy (non-hydrogen) atoms. The average molecular weight is 390 g/mol. The van der Waals surface area contributed by atoms with Gasteiger partial charge in [0.1, 0.15) is 11.4 Å². The molecular formula is C17H22N6O5. The van der Waals surface area contributed by atoms with Gasteiger partial charge >= 0.3 is 5.97 Å². The summed E-state index contributed by atoms with van der Waals surface area (Å²) < 4.78 is 8.14. The van der Waals surface area contributed by atoms with Crippen LogP contribution in [-0.4, -0.2) is 73.7 Å². The van der Waals surface area contributed by atoms with Crippen molar-refractivity contribution in [3.63, 3.8) is 0 Å². The van der Waals surface area contributed by atoms with E-state index in [1.807, 2.05) is 6.92 Å². The molecule has 0 aromatic carbocycles. The molecule has 1 fully saturated rings. The van der Waals surface area contributed by atoms with Crippen LogP contribution in [0, 0.1) is 0 Å². The van der Waals surface area contributed by atoms with Crippen molar-refractivity contribution >= 4 is 23.5 Å². The lowest BCUT2D eigenvalue weighted by Gasteiger charge is -2.27. The van der Waals surface area contributed by atoms with E-state index in [0.29, 0.717) is 44.2 Å². The first kappa shape index (κ1) is 19.5. The van der Waals surface area contributed by atoms with Crippen LogP contribution < -0.4 is 5.32 Å². The van der Waals surface area contributed by atoms with Gasteiger partial charge in [0.2, 0.25) is 0 Å². The molecule has 1 saturated heterocycles. The first-order valence-electron chi connectivity index (χ1n) is 8.99. The molecule has 0 bridgehead atoms. The molecule has 1 aliphatic heterocycles. The van der Waals surface area contributed by atoms with Gasteiger partial charge in [0, 0.05) is 25.8 Å². The van der Waals surface area contributed by atoms with Crippen molar-refractivity contribution in [2.24, 2.45) is 0 Å². The Kier molecular flexibility index (Phi) is 6.04. The number of anilines is 1. The Bertz CT molecular complexity index is 867. The zero-order valence-corrected chi connectivity index (χ0v) is 15.5. The third kappa shape index (κ3) is 4.19. The molecule has 0 aliphatic carbocycles. The first-order chi connectivity index (χ1) is 13.5. The molecule has 3 rings (SSSR count). The van der Waals surface area contributed by atoms with E-state index in [4.69, 9.17) is 9.84 Å². The number of aryl methyl sites for hydroxylation is 2. The zero-order valence-electron chi connectivity index (χ0n) is 15.5. The summed E-state index contributed by atoms with van der Waals surface area (Å²) in [5, 5.41) is 19.7. The first-order valence-corrected chi connectivity index (χ1v) is 8.99. The Morgan fingerprint density at radius 2 is 1.96 bits per heavy atom. The number of rotatable bonds is 7.